The van der Waals surface area contributed by atoms with E-state index in [2.05, 4.69) is 102 Å². The van der Waals surface area contributed by atoms with Gasteiger partial charge >= 0.3 is 0 Å². The molecule has 1 aromatic heterocycles. The highest BCUT2D eigenvalue weighted by Crippen LogP contribution is 2.57. The van der Waals surface area contributed by atoms with Crippen molar-refractivity contribution in [2.45, 2.75) is 33.3 Å². The predicted molar refractivity (Wildman–Crippen MR) is 123 cm³/mol. The van der Waals surface area contributed by atoms with Crippen LogP contribution in [0.1, 0.15) is 18.7 Å². The van der Waals surface area contributed by atoms with E-state index in [1.807, 2.05) is 23.5 Å². The number of thioether (sulfide) groups is 2. The van der Waals surface area contributed by atoms with Crippen molar-refractivity contribution in [1.82, 2.24) is 9.55 Å². The van der Waals surface area contributed by atoms with Crippen LogP contribution >= 0.6 is 23.5 Å². The van der Waals surface area contributed by atoms with Crippen molar-refractivity contribution < 1.29 is 0 Å². The first-order valence-electron chi connectivity index (χ1n) is 9.94. The third-order valence-electron chi connectivity index (χ3n) is 5.14. The highest BCUT2D eigenvalue weighted by Gasteiger charge is 2.41. The maximum Gasteiger partial charge on any atom is 0.136 e. The third kappa shape index (κ3) is 3.87. The van der Waals surface area contributed by atoms with Crippen LogP contribution < -0.4 is 0 Å². The molecule has 0 N–H and O–H groups in total. The summed E-state index contributed by atoms with van der Waals surface area (Å²) < 4.78 is 2.23. The fourth-order valence-corrected chi connectivity index (χ4v) is 6.90. The third-order valence-corrected chi connectivity index (χ3v) is 8.09. The average Bonchev–Trinajstić information content (AvgIpc) is 3.22. The number of aromatic nitrogens is 2. The van der Waals surface area contributed by atoms with Crippen LogP contribution in [-0.4, -0.2) is 9.55 Å². The van der Waals surface area contributed by atoms with E-state index in [1.54, 1.807) is 0 Å². The molecule has 0 fully saturated rings. The Kier molecular flexibility index (Phi) is 5.21. The first-order valence-corrected chi connectivity index (χ1v) is 11.6. The first kappa shape index (κ1) is 18.6. The average molecular weight is 415 g/mol. The zero-order chi connectivity index (χ0) is 19.5. The Morgan fingerprint density at radius 2 is 1.28 bits per heavy atom. The molecular weight excluding hydrogens is 392 g/mol. The molecule has 0 bridgehead atoms. The van der Waals surface area contributed by atoms with Crippen molar-refractivity contribution in [3.05, 3.63) is 103 Å². The van der Waals surface area contributed by atoms with Crippen LogP contribution in [0.25, 0.3) is 11.3 Å². The van der Waals surface area contributed by atoms with E-state index in [-0.39, 0.29) is 4.08 Å². The number of hydrogen-bond donors (Lipinski definition) is 0. The van der Waals surface area contributed by atoms with E-state index in [9.17, 15) is 0 Å². The number of fused-ring (bicyclic) bond motifs is 1. The quantitative estimate of drug-likeness (QED) is 0.325. The van der Waals surface area contributed by atoms with Gasteiger partial charge in [-0.05, 0) is 37.1 Å². The lowest BCUT2D eigenvalue weighted by Gasteiger charge is -2.36. The SMILES string of the molecule is c1ccc(SC2(Sc3ccccc3)CCCn3cc(-c4ccccc4)nc32)cc1. The van der Waals surface area contributed by atoms with Gasteiger partial charge in [-0.15, -0.1) is 0 Å². The summed E-state index contributed by atoms with van der Waals surface area (Å²) in [6.45, 7) is 1.03. The smallest absolute Gasteiger partial charge is 0.136 e. The van der Waals surface area contributed by atoms with Gasteiger partial charge in [0.25, 0.3) is 0 Å². The van der Waals surface area contributed by atoms with Crippen molar-refractivity contribution >= 4 is 23.5 Å². The fraction of sp³-hybridized carbons (Fsp3) is 0.160. The number of aryl methyl sites for hydroxylation is 1. The van der Waals surface area contributed by atoms with Crippen LogP contribution in [0.2, 0.25) is 0 Å². The van der Waals surface area contributed by atoms with Crippen molar-refractivity contribution in [1.29, 1.82) is 0 Å². The van der Waals surface area contributed by atoms with Crippen LogP contribution in [0.4, 0.5) is 0 Å². The van der Waals surface area contributed by atoms with Crippen molar-refractivity contribution in [2.24, 2.45) is 0 Å². The largest absolute Gasteiger partial charge is 0.332 e. The van der Waals surface area contributed by atoms with Gasteiger partial charge in [0.05, 0.1) is 5.69 Å². The van der Waals surface area contributed by atoms with Crippen LogP contribution in [0.15, 0.2) is 107 Å². The first-order chi connectivity index (χ1) is 14.3. The minimum Gasteiger partial charge on any atom is -0.332 e. The van der Waals surface area contributed by atoms with Crippen molar-refractivity contribution in [2.75, 3.05) is 0 Å². The molecule has 4 heteroatoms. The Bertz CT molecular complexity index is 1030. The standard InChI is InChI=1S/C25H22N2S2/c1-4-11-20(12-5-1)23-19-27-18-10-17-25(24(27)26-23,28-21-13-6-2-7-14-21)29-22-15-8-3-9-16-22/h1-9,11-16,19H,10,17-18H2. The lowest BCUT2D eigenvalue weighted by molar-refractivity contribution is 0.493. The molecule has 3 aromatic carbocycles. The molecule has 5 rings (SSSR count). The van der Waals surface area contributed by atoms with E-state index >= 15 is 0 Å². The Balaban J connectivity index is 1.60. The molecule has 0 amide bonds. The lowest BCUT2D eigenvalue weighted by atomic mass is 10.1. The zero-order valence-corrected chi connectivity index (χ0v) is 17.7. The molecule has 1 aliphatic rings. The summed E-state index contributed by atoms with van der Waals surface area (Å²) in [6.07, 6.45) is 4.48. The molecule has 0 unspecified atom stereocenters. The summed E-state index contributed by atoms with van der Waals surface area (Å²) in [5.74, 6) is 1.17. The van der Waals surface area contributed by atoms with Crippen LogP contribution in [0.5, 0.6) is 0 Å². The lowest BCUT2D eigenvalue weighted by Crippen LogP contribution is -2.28. The van der Waals surface area contributed by atoms with E-state index in [0.29, 0.717) is 0 Å². The van der Waals surface area contributed by atoms with Gasteiger partial charge in [0.15, 0.2) is 0 Å². The summed E-state index contributed by atoms with van der Waals surface area (Å²) in [7, 11) is 0. The highest BCUT2D eigenvalue weighted by molar-refractivity contribution is 8.17. The molecule has 144 valence electrons. The summed E-state index contributed by atoms with van der Waals surface area (Å²) >= 11 is 3.88. The summed E-state index contributed by atoms with van der Waals surface area (Å²) in [5.41, 5.74) is 2.24. The Morgan fingerprint density at radius 1 is 0.724 bits per heavy atom. The minimum absolute atomic E-state index is 0.145. The molecule has 0 saturated carbocycles. The molecule has 2 heterocycles. The van der Waals surface area contributed by atoms with Gasteiger partial charge < -0.3 is 4.57 Å². The van der Waals surface area contributed by atoms with Gasteiger partial charge in [0, 0.05) is 28.1 Å². The minimum atomic E-state index is -0.145. The van der Waals surface area contributed by atoms with Gasteiger partial charge in [0.1, 0.15) is 9.90 Å². The molecule has 0 saturated heterocycles. The second-order valence-electron chi connectivity index (χ2n) is 7.20. The monoisotopic (exact) mass is 414 g/mol. The van der Waals surface area contributed by atoms with Gasteiger partial charge in [-0.25, -0.2) is 4.98 Å². The maximum absolute atomic E-state index is 5.19. The predicted octanol–water partition coefficient (Wildman–Crippen LogP) is 7.08. The highest BCUT2D eigenvalue weighted by atomic mass is 32.2. The van der Waals surface area contributed by atoms with Crippen molar-refractivity contribution in [3.63, 3.8) is 0 Å². The molecule has 0 radical (unpaired) electrons. The molecule has 1 aliphatic heterocycles. The number of imidazole rings is 1. The second kappa shape index (κ2) is 8.13. The van der Waals surface area contributed by atoms with Crippen LogP contribution in [0.3, 0.4) is 0 Å². The molecule has 29 heavy (non-hydrogen) atoms. The zero-order valence-electron chi connectivity index (χ0n) is 16.1. The number of nitrogens with zero attached hydrogens (tertiary/aromatic N) is 2. The second-order valence-corrected chi connectivity index (χ2v) is 10.2. The topological polar surface area (TPSA) is 17.8 Å². The van der Waals surface area contributed by atoms with Gasteiger partial charge in [-0.2, -0.15) is 0 Å². The summed E-state index contributed by atoms with van der Waals surface area (Å²) in [6, 6.07) is 32.0. The summed E-state index contributed by atoms with van der Waals surface area (Å²) in [5, 5.41) is 0. The van der Waals surface area contributed by atoms with Crippen LogP contribution in [-0.2, 0) is 10.6 Å². The van der Waals surface area contributed by atoms with Gasteiger partial charge in [-0.3, -0.25) is 0 Å². The molecule has 0 spiro atoms. The Labute approximate surface area is 180 Å². The maximum atomic E-state index is 5.19. The summed E-state index contributed by atoms with van der Waals surface area (Å²) in [4.78, 5) is 7.76. The molecular formula is C25H22N2S2. The fourth-order valence-electron chi connectivity index (χ4n) is 3.80. The van der Waals surface area contributed by atoms with Gasteiger partial charge in [0.2, 0.25) is 0 Å². The number of rotatable bonds is 5. The normalized spacial score (nSPS) is 15.0. The van der Waals surface area contributed by atoms with E-state index < -0.39 is 0 Å². The number of hydrogen-bond acceptors (Lipinski definition) is 3. The van der Waals surface area contributed by atoms with E-state index in [4.69, 9.17) is 4.98 Å². The molecule has 2 nitrogen and oxygen atoms in total. The van der Waals surface area contributed by atoms with Crippen LogP contribution in [0, 0.1) is 0 Å². The van der Waals surface area contributed by atoms with E-state index in [1.165, 1.54) is 21.2 Å². The molecule has 4 aromatic rings. The van der Waals surface area contributed by atoms with Crippen molar-refractivity contribution in [3.8, 4) is 11.3 Å². The molecule has 0 atom stereocenters. The number of benzene rings is 3. The Morgan fingerprint density at radius 3 is 1.86 bits per heavy atom. The Hall–Kier alpha value is -2.43. The molecule has 0 aliphatic carbocycles. The van der Waals surface area contributed by atoms with Gasteiger partial charge in [-0.1, -0.05) is 90.3 Å². The van der Waals surface area contributed by atoms with E-state index in [0.717, 1.165) is 25.1 Å².